The van der Waals surface area contributed by atoms with Gasteiger partial charge in [0.25, 0.3) is 0 Å². The molecule has 0 unspecified atom stereocenters. The number of imidazole rings is 1. The lowest BCUT2D eigenvalue weighted by molar-refractivity contribution is -0.114. The highest BCUT2D eigenvalue weighted by Gasteiger charge is 2.14. The van der Waals surface area contributed by atoms with Crippen LogP contribution >= 0.6 is 0 Å². The molecule has 0 saturated heterocycles. The number of rotatable bonds is 4. The molecule has 1 amide bonds. The number of hydrogen-bond donors (Lipinski definition) is 1. The van der Waals surface area contributed by atoms with Gasteiger partial charge in [-0.2, -0.15) is 0 Å². The second-order valence-corrected chi connectivity index (χ2v) is 5.84. The highest BCUT2D eigenvalue weighted by Crippen LogP contribution is 2.29. The van der Waals surface area contributed by atoms with Crippen LogP contribution in [0.5, 0.6) is 0 Å². The number of nitrogens with zero attached hydrogens (tertiary/aromatic N) is 4. The van der Waals surface area contributed by atoms with Gasteiger partial charge in [-0.1, -0.05) is 26.0 Å². The Kier molecular flexibility index (Phi) is 4.37. The van der Waals surface area contributed by atoms with Crippen molar-refractivity contribution < 1.29 is 4.79 Å². The van der Waals surface area contributed by atoms with Crippen molar-refractivity contribution >= 4 is 28.7 Å². The van der Waals surface area contributed by atoms with Gasteiger partial charge in [-0.3, -0.25) is 9.20 Å². The molecule has 2 heterocycles. The lowest BCUT2D eigenvalue weighted by Gasteiger charge is -2.03. The topological polar surface area (TPSA) is 71.1 Å². The van der Waals surface area contributed by atoms with E-state index in [4.69, 9.17) is 0 Å². The average Bonchev–Trinajstić information content (AvgIpc) is 2.91. The number of amides is 1. The molecule has 0 radical (unpaired) electrons. The zero-order chi connectivity index (χ0) is 17.1. The summed E-state index contributed by atoms with van der Waals surface area (Å²) in [6, 6.07) is 13.1. The SMILES string of the molecule is CC(=O)Nc1cccc(N=Nc2c(C(C)C)nc3ccccn23)c1. The quantitative estimate of drug-likeness (QED) is 0.699. The predicted molar refractivity (Wildman–Crippen MR) is 94.2 cm³/mol. The molecule has 0 bridgehead atoms. The summed E-state index contributed by atoms with van der Waals surface area (Å²) in [6.45, 7) is 5.64. The van der Waals surface area contributed by atoms with Crippen LogP contribution in [0.25, 0.3) is 5.65 Å². The van der Waals surface area contributed by atoms with Crippen molar-refractivity contribution in [3.63, 3.8) is 0 Å². The van der Waals surface area contributed by atoms with Crippen molar-refractivity contribution in [2.75, 3.05) is 5.32 Å². The van der Waals surface area contributed by atoms with E-state index in [1.807, 2.05) is 47.0 Å². The lowest BCUT2D eigenvalue weighted by atomic mass is 10.1. The second-order valence-electron chi connectivity index (χ2n) is 5.84. The largest absolute Gasteiger partial charge is 0.326 e. The summed E-state index contributed by atoms with van der Waals surface area (Å²) in [4.78, 5) is 15.8. The maximum absolute atomic E-state index is 11.2. The number of azo groups is 1. The molecule has 0 saturated carbocycles. The van der Waals surface area contributed by atoms with E-state index in [-0.39, 0.29) is 11.8 Å². The number of nitrogens with one attached hydrogen (secondary N) is 1. The first-order chi connectivity index (χ1) is 11.5. The Morgan fingerprint density at radius 2 is 2.00 bits per heavy atom. The Bertz CT molecular complexity index is 911. The van der Waals surface area contributed by atoms with Gasteiger partial charge in [0.05, 0.1) is 11.4 Å². The maximum atomic E-state index is 11.2. The summed E-state index contributed by atoms with van der Waals surface area (Å²) in [5.41, 5.74) is 3.12. The molecule has 0 aliphatic carbocycles. The molecule has 0 fully saturated rings. The minimum Gasteiger partial charge on any atom is -0.326 e. The second kappa shape index (κ2) is 6.62. The van der Waals surface area contributed by atoms with Gasteiger partial charge in [0.2, 0.25) is 5.91 Å². The summed E-state index contributed by atoms with van der Waals surface area (Å²) < 4.78 is 1.93. The smallest absolute Gasteiger partial charge is 0.221 e. The monoisotopic (exact) mass is 321 g/mol. The number of carbonyl (C=O) groups is 1. The van der Waals surface area contributed by atoms with Gasteiger partial charge in [-0.25, -0.2) is 4.98 Å². The molecule has 1 aromatic carbocycles. The van der Waals surface area contributed by atoms with Crippen molar-refractivity contribution in [1.82, 2.24) is 9.38 Å². The summed E-state index contributed by atoms with van der Waals surface area (Å²) >= 11 is 0. The van der Waals surface area contributed by atoms with E-state index < -0.39 is 0 Å². The number of aromatic nitrogens is 2. The van der Waals surface area contributed by atoms with Crippen molar-refractivity contribution in [2.45, 2.75) is 26.7 Å². The molecule has 3 rings (SSSR count). The summed E-state index contributed by atoms with van der Waals surface area (Å²) in [6.07, 6.45) is 1.93. The fraction of sp³-hybridized carbons (Fsp3) is 0.222. The third kappa shape index (κ3) is 3.32. The van der Waals surface area contributed by atoms with E-state index in [1.54, 1.807) is 6.07 Å². The zero-order valence-electron chi connectivity index (χ0n) is 13.9. The number of pyridine rings is 1. The molecule has 0 spiro atoms. The van der Waals surface area contributed by atoms with Crippen LogP contribution in [0.4, 0.5) is 17.2 Å². The molecule has 0 atom stereocenters. The Labute approximate surface area is 140 Å². The molecule has 0 aliphatic rings. The Balaban J connectivity index is 1.99. The van der Waals surface area contributed by atoms with E-state index in [0.717, 1.165) is 17.2 Å². The molecule has 122 valence electrons. The molecule has 3 aromatic rings. The van der Waals surface area contributed by atoms with Gasteiger partial charge < -0.3 is 5.32 Å². The van der Waals surface area contributed by atoms with E-state index in [2.05, 4.69) is 34.4 Å². The fourth-order valence-corrected chi connectivity index (χ4v) is 2.44. The first kappa shape index (κ1) is 15.9. The van der Waals surface area contributed by atoms with Crippen LogP contribution in [0.2, 0.25) is 0 Å². The van der Waals surface area contributed by atoms with Crippen LogP contribution in [-0.2, 0) is 4.79 Å². The summed E-state index contributed by atoms with van der Waals surface area (Å²) in [5.74, 6) is 0.850. The van der Waals surface area contributed by atoms with Crippen molar-refractivity contribution in [1.29, 1.82) is 0 Å². The van der Waals surface area contributed by atoms with E-state index in [1.165, 1.54) is 6.92 Å². The van der Waals surface area contributed by atoms with E-state index >= 15 is 0 Å². The Hall–Kier alpha value is -3.02. The van der Waals surface area contributed by atoms with Gasteiger partial charge in [-0.15, -0.1) is 10.2 Å². The third-order valence-corrected chi connectivity index (χ3v) is 3.50. The number of carbonyl (C=O) groups excluding carboxylic acids is 1. The summed E-state index contributed by atoms with van der Waals surface area (Å²) in [7, 11) is 0. The average molecular weight is 321 g/mol. The normalized spacial score (nSPS) is 11.5. The zero-order valence-corrected chi connectivity index (χ0v) is 13.9. The summed E-state index contributed by atoms with van der Waals surface area (Å²) in [5, 5.41) is 11.5. The van der Waals surface area contributed by atoms with Crippen LogP contribution in [0.1, 0.15) is 32.4 Å². The minimum absolute atomic E-state index is 0.118. The van der Waals surface area contributed by atoms with Crippen molar-refractivity contribution in [3.8, 4) is 0 Å². The lowest BCUT2D eigenvalue weighted by Crippen LogP contribution is -2.04. The Morgan fingerprint density at radius 1 is 1.17 bits per heavy atom. The van der Waals surface area contributed by atoms with E-state index in [0.29, 0.717) is 11.4 Å². The number of anilines is 1. The van der Waals surface area contributed by atoms with Crippen LogP contribution in [0, 0.1) is 0 Å². The van der Waals surface area contributed by atoms with Gasteiger partial charge in [0.1, 0.15) is 5.65 Å². The van der Waals surface area contributed by atoms with E-state index in [9.17, 15) is 4.79 Å². The molecular formula is C18H19N5O. The van der Waals surface area contributed by atoms with Crippen LogP contribution in [0.15, 0.2) is 58.9 Å². The molecule has 24 heavy (non-hydrogen) atoms. The standard InChI is InChI=1S/C18H19N5O/c1-12(2)17-18(23-10-5-4-9-16(23)20-17)22-21-15-8-6-7-14(11-15)19-13(3)24/h4-12H,1-3H3,(H,19,24). The van der Waals surface area contributed by atoms with Gasteiger partial charge in [0, 0.05) is 18.8 Å². The minimum atomic E-state index is -0.118. The van der Waals surface area contributed by atoms with Crippen molar-refractivity contribution in [2.24, 2.45) is 10.2 Å². The molecule has 2 aromatic heterocycles. The van der Waals surface area contributed by atoms with Gasteiger partial charge in [0.15, 0.2) is 5.82 Å². The molecule has 0 aliphatic heterocycles. The predicted octanol–water partition coefficient (Wildman–Crippen LogP) is 4.83. The first-order valence-corrected chi connectivity index (χ1v) is 7.81. The molecule has 6 heteroatoms. The van der Waals surface area contributed by atoms with Gasteiger partial charge >= 0.3 is 0 Å². The highest BCUT2D eigenvalue weighted by atomic mass is 16.1. The van der Waals surface area contributed by atoms with Crippen molar-refractivity contribution in [3.05, 3.63) is 54.4 Å². The molecular weight excluding hydrogens is 302 g/mol. The van der Waals surface area contributed by atoms with Crippen LogP contribution in [-0.4, -0.2) is 15.3 Å². The third-order valence-electron chi connectivity index (χ3n) is 3.50. The van der Waals surface area contributed by atoms with Gasteiger partial charge in [-0.05, 0) is 36.2 Å². The molecule has 6 nitrogen and oxygen atoms in total. The number of hydrogen-bond acceptors (Lipinski definition) is 4. The van der Waals surface area contributed by atoms with Crippen LogP contribution in [0.3, 0.4) is 0 Å². The number of fused-ring (bicyclic) bond motifs is 1. The highest BCUT2D eigenvalue weighted by molar-refractivity contribution is 5.89. The maximum Gasteiger partial charge on any atom is 0.221 e. The molecule has 1 N–H and O–H groups in total. The fourth-order valence-electron chi connectivity index (χ4n) is 2.44. The van der Waals surface area contributed by atoms with Crippen LogP contribution < -0.4 is 5.32 Å². The number of benzene rings is 1. The first-order valence-electron chi connectivity index (χ1n) is 7.81. The Morgan fingerprint density at radius 3 is 2.75 bits per heavy atom.